The van der Waals surface area contributed by atoms with E-state index in [1.165, 1.54) is 18.5 Å². The summed E-state index contributed by atoms with van der Waals surface area (Å²) in [5, 5.41) is 4.23. The Balaban J connectivity index is 1.75. The second-order valence-corrected chi connectivity index (χ2v) is 7.07. The van der Waals surface area contributed by atoms with Gasteiger partial charge in [-0.1, -0.05) is 11.3 Å². The number of rotatable bonds is 4. The van der Waals surface area contributed by atoms with Crippen molar-refractivity contribution in [1.82, 2.24) is 9.97 Å². The molecule has 0 aliphatic carbocycles. The highest BCUT2D eigenvalue weighted by Gasteiger charge is 2.15. The van der Waals surface area contributed by atoms with E-state index in [0.29, 0.717) is 17.5 Å². The lowest BCUT2D eigenvalue weighted by Gasteiger charge is -2.03. The summed E-state index contributed by atoms with van der Waals surface area (Å²) in [5.41, 5.74) is 3.38. The number of halogens is 1. The Morgan fingerprint density at radius 2 is 1.84 bits per heavy atom. The average Bonchev–Trinajstić information content (AvgIpc) is 3.20. The van der Waals surface area contributed by atoms with Gasteiger partial charge in [0.2, 0.25) is 0 Å². The van der Waals surface area contributed by atoms with Gasteiger partial charge in [-0.25, -0.2) is 14.4 Å². The molecule has 2 aromatic heterocycles. The molecule has 4 aromatic rings. The molecule has 0 saturated heterocycles. The Morgan fingerprint density at radius 1 is 1.08 bits per heavy atom. The van der Waals surface area contributed by atoms with E-state index in [9.17, 15) is 4.39 Å². The molecule has 1 N–H and O–H groups in total. The number of thiazole rings is 1. The summed E-state index contributed by atoms with van der Waals surface area (Å²) in [4.78, 5) is 8.89. The van der Waals surface area contributed by atoms with Gasteiger partial charge in [-0.3, -0.25) is 0 Å². The van der Waals surface area contributed by atoms with Crippen molar-refractivity contribution < 1.29 is 8.81 Å². The molecule has 6 heteroatoms. The summed E-state index contributed by atoms with van der Waals surface area (Å²) in [7, 11) is 0. The van der Waals surface area contributed by atoms with Crippen LogP contribution in [0, 0.1) is 5.82 Å². The lowest BCUT2D eigenvalue weighted by Crippen LogP contribution is -2.08. The van der Waals surface area contributed by atoms with Crippen LogP contribution in [-0.4, -0.2) is 16.0 Å². The Labute approximate surface area is 148 Å². The lowest BCUT2D eigenvalue weighted by atomic mass is 10.1. The van der Waals surface area contributed by atoms with E-state index in [2.05, 4.69) is 29.1 Å². The molecule has 0 unspecified atom stereocenters. The summed E-state index contributed by atoms with van der Waals surface area (Å²) in [6, 6.07) is 12.6. The second-order valence-electron chi connectivity index (χ2n) is 6.04. The second kappa shape index (κ2) is 6.29. The minimum atomic E-state index is -0.273. The summed E-state index contributed by atoms with van der Waals surface area (Å²) < 4.78 is 19.9. The standard InChI is InChI=1S/C19H16FN3OS/c1-11(2)22-19-23-15-8-5-13(9-16(15)25-19)18-17(21-10-24-18)12-3-6-14(20)7-4-12/h3-11H,1-2H3,(H,22,23). The zero-order chi connectivity index (χ0) is 17.4. The first kappa shape index (κ1) is 15.8. The number of hydrogen-bond acceptors (Lipinski definition) is 5. The Hall–Kier alpha value is -2.73. The predicted molar refractivity (Wildman–Crippen MR) is 99.3 cm³/mol. The van der Waals surface area contributed by atoms with Crippen molar-refractivity contribution >= 4 is 26.7 Å². The van der Waals surface area contributed by atoms with Crippen molar-refractivity contribution in [3.63, 3.8) is 0 Å². The number of aromatic nitrogens is 2. The third-order valence-corrected chi connectivity index (χ3v) is 4.70. The van der Waals surface area contributed by atoms with Gasteiger partial charge in [-0.15, -0.1) is 0 Å². The first-order chi connectivity index (χ1) is 12.1. The molecule has 2 heterocycles. The largest absolute Gasteiger partial charge is 0.443 e. The Bertz CT molecular complexity index is 1020. The van der Waals surface area contributed by atoms with Crippen LogP contribution in [0.2, 0.25) is 0 Å². The van der Waals surface area contributed by atoms with Crippen LogP contribution in [-0.2, 0) is 0 Å². The SMILES string of the molecule is CC(C)Nc1nc2ccc(-c3ocnc3-c3ccc(F)cc3)cc2s1. The summed E-state index contributed by atoms with van der Waals surface area (Å²) in [6.07, 6.45) is 1.41. The molecule has 0 aliphatic heterocycles. The van der Waals surface area contributed by atoms with Crippen LogP contribution in [0.15, 0.2) is 53.3 Å². The molecule has 0 spiro atoms. The monoisotopic (exact) mass is 353 g/mol. The molecule has 0 saturated carbocycles. The zero-order valence-electron chi connectivity index (χ0n) is 13.8. The fourth-order valence-electron chi connectivity index (χ4n) is 2.64. The van der Waals surface area contributed by atoms with Gasteiger partial charge in [0.25, 0.3) is 0 Å². The number of nitrogens with zero attached hydrogens (tertiary/aromatic N) is 2. The van der Waals surface area contributed by atoms with Gasteiger partial charge in [0.15, 0.2) is 17.3 Å². The Kier molecular flexibility index (Phi) is 3.97. The normalized spacial score (nSPS) is 11.4. The van der Waals surface area contributed by atoms with Crippen LogP contribution in [0.5, 0.6) is 0 Å². The highest BCUT2D eigenvalue weighted by atomic mass is 32.1. The highest BCUT2D eigenvalue weighted by Crippen LogP contribution is 2.35. The molecule has 126 valence electrons. The van der Waals surface area contributed by atoms with Crippen molar-refractivity contribution in [2.75, 3.05) is 5.32 Å². The summed E-state index contributed by atoms with van der Waals surface area (Å²) in [6.45, 7) is 4.17. The van der Waals surface area contributed by atoms with Crippen molar-refractivity contribution in [2.45, 2.75) is 19.9 Å². The van der Waals surface area contributed by atoms with E-state index in [4.69, 9.17) is 4.42 Å². The van der Waals surface area contributed by atoms with E-state index >= 15 is 0 Å². The summed E-state index contributed by atoms with van der Waals surface area (Å²) >= 11 is 1.61. The van der Waals surface area contributed by atoms with Crippen molar-refractivity contribution in [3.05, 3.63) is 54.7 Å². The van der Waals surface area contributed by atoms with E-state index in [-0.39, 0.29) is 5.82 Å². The predicted octanol–water partition coefficient (Wildman–Crippen LogP) is 5.58. The maximum atomic E-state index is 13.2. The number of anilines is 1. The van der Waals surface area contributed by atoms with Gasteiger partial charge >= 0.3 is 0 Å². The molecule has 0 atom stereocenters. The average molecular weight is 353 g/mol. The van der Waals surface area contributed by atoms with Gasteiger partial charge in [-0.05, 0) is 56.3 Å². The molecule has 0 bridgehead atoms. The third-order valence-electron chi connectivity index (χ3n) is 3.75. The number of nitrogens with one attached hydrogen (secondary N) is 1. The minimum Gasteiger partial charge on any atom is -0.443 e. The van der Waals surface area contributed by atoms with Crippen LogP contribution in [0.1, 0.15) is 13.8 Å². The zero-order valence-corrected chi connectivity index (χ0v) is 14.6. The van der Waals surface area contributed by atoms with E-state index in [1.807, 2.05) is 18.2 Å². The number of hydrogen-bond donors (Lipinski definition) is 1. The van der Waals surface area contributed by atoms with Crippen LogP contribution in [0.3, 0.4) is 0 Å². The van der Waals surface area contributed by atoms with Gasteiger partial charge in [-0.2, -0.15) is 0 Å². The van der Waals surface area contributed by atoms with Gasteiger partial charge < -0.3 is 9.73 Å². The Morgan fingerprint density at radius 3 is 2.60 bits per heavy atom. The highest BCUT2D eigenvalue weighted by molar-refractivity contribution is 7.22. The van der Waals surface area contributed by atoms with Crippen LogP contribution >= 0.6 is 11.3 Å². The molecular weight excluding hydrogens is 337 g/mol. The van der Waals surface area contributed by atoms with Gasteiger partial charge in [0.1, 0.15) is 11.5 Å². The maximum Gasteiger partial charge on any atom is 0.183 e. The number of oxazole rings is 1. The van der Waals surface area contributed by atoms with Gasteiger partial charge in [0.05, 0.1) is 10.2 Å². The number of fused-ring (bicyclic) bond motifs is 1. The third kappa shape index (κ3) is 3.13. The first-order valence-corrected chi connectivity index (χ1v) is 8.79. The van der Waals surface area contributed by atoms with Crippen LogP contribution in [0.25, 0.3) is 32.8 Å². The maximum absolute atomic E-state index is 13.2. The first-order valence-electron chi connectivity index (χ1n) is 7.97. The smallest absolute Gasteiger partial charge is 0.183 e. The molecule has 4 nitrogen and oxygen atoms in total. The van der Waals surface area contributed by atoms with Crippen LogP contribution in [0.4, 0.5) is 9.52 Å². The van der Waals surface area contributed by atoms with Crippen molar-refractivity contribution in [3.8, 4) is 22.6 Å². The molecule has 0 radical (unpaired) electrons. The fraction of sp³-hybridized carbons (Fsp3) is 0.158. The van der Waals surface area contributed by atoms with E-state index in [1.54, 1.807) is 23.5 Å². The van der Waals surface area contributed by atoms with E-state index in [0.717, 1.165) is 26.5 Å². The van der Waals surface area contributed by atoms with Gasteiger partial charge in [0, 0.05) is 17.2 Å². The molecule has 0 aliphatic rings. The molecular formula is C19H16FN3OS. The molecule has 0 amide bonds. The summed E-state index contributed by atoms with van der Waals surface area (Å²) in [5.74, 6) is 0.394. The van der Waals surface area contributed by atoms with E-state index < -0.39 is 0 Å². The van der Waals surface area contributed by atoms with Crippen LogP contribution < -0.4 is 5.32 Å². The van der Waals surface area contributed by atoms with Crippen molar-refractivity contribution in [1.29, 1.82) is 0 Å². The molecule has 4 rings (SSSR count). The fourth-order valence-corrected chi connectivity index (χ4v) is 3.69. The quantitative estimate of drug-likeness (QED) is 0.520. The minimum absolute atomic E-state index is 0.273. The molecule has 25 heavy (non-hydrogen) atoms. The molecule has 0 fully saturated rings. The number of benzene rings is 2. The lowest BCUT2D eigenvalue weighted by molar-refractivity contribution is 0.572. The van der Waals surface area contributed by atoms with Crippen molar-refractivity contribution in [2.24, 2.45) is 0 Å². The molecule has 2 aromatic carbocycles. The topological polar surface area (TPSA) is 51.0 Å².